The van der Waals surface area contributed by atoms with Crippen LogP contribution in [0.1, 0.15) is 19.4 Å². The number of thioether (sulfide) groups is 1. The standard InChI is InChI=1S/C14H19F2NOS/c1-9(2)5-17-6-10-3-12(15)14(13(16)4-10)19-11-7-18-8-11/h3-4,9,11,17H,5-8H2,1-2H3. The highest BCUT2D eigenvalue weighted by Crippen LogP contribution is 2.32. The van der Waals surface area contributed by atoms with Gasteiger partial charge in [-0.15, -0.1) is 11.8 Å². The lowest BCUT2D eigenvalue weighted by Crippen LogP contribution is -2.30. The van der Waals surface area contributed by atoms with Gasteiger partial charge in [-0.05, 0) is 30.2 Å². The van der Waals surface area contributed by atoms with Gasteiger partial charge in [0.1, 0.15) is 11.6 Å². The Morgan fingerprint density at radius 3 is 2.42 bits per heavy atom. The molecule has 1 heterocycles. The van der Waals surface area contributed by atoms with Gasteiger partial charge < -0.3 is 10.1 Å². The van der Waals surface area contributed by atoms with Gasteiger partial charge in [-0.25, -0.2) is 8.78 Å². The SMILES string of the molecule is CC(C)CNCc1cc(F)c(SC2COC2)c(F)c1. The topological polar surface area (TPSA) is 21.3 Å². The molecular weight excluding hydrogens is 268 g/mol. The van der Waals surface area contributed by atoms with Crippen molar-refractivity contribution in [3.8, 4) is 0 Å². The molecule has 19 heavy (non-hydrogen) atoms. The predicted molar refractivity (Wildman–Crippen MR) is 73.4 cm³/mol. The van der Waals surface area contributed by atoms with Crippen LogP contribution in [0.3, 0.4) is 0 Å². The summed E-state index contributed by atoms with van der Waals surface area (Å²) in [5.41, 5.74) is 0.643. The zero-order valence-electron chi connectivity index (χ0n) is 11.2. The van der Waals surface area contributed by atoms with Crippen LogP contribution in [0.15, 0.2) is 17.0 Å². The molecule has 0 aromatic heterocycles. The van der Waals surface area contributed by atoms with Crippen LogP contribution in [-0.2, 0) is 11.3 Å². The molecule has 1 aliphatic heterocycles. The third kappa shape index (κ3) is 4.16. The summed E-state index contributed by atoms with van der Waals surface area (Å²) in [6.45, 7) is 6.65. The molecule has 0 bridgehead atoms. The maximum absolute atomic E-state index is 13.9. The first-order valence-electron chi connectivity index (χ1n) is 6.49. The molecule has 1 N–H and O–H groups in total. The quantitative estimate of drug-likeness (QED) is 0.868. The van der Waals surface area contributed by atoms with Gasteiger partial charge in [-0.2, -0.15) is 0 Å². The molecule has 0 spiro atoms. The summed E-state index contributed by atoms with van der Waals surface area (Å²) in [6, 6.07) is 2.83. The van der Waals surface area contributed by atoms with Gasteiger partial charge in [-0.3, -0.25) is 0 Å². The Labute approximate surface area is 116 Å². The largest absolute Gasteiger partial charge is 0.379 e. The van der Waals surface area contributed by atoms with Crippen LogP contribution in [0.5, 0.6) is 0 Å². The van der Waals surface area contributed by atoms with Crippen LogP contribution in [0.4, 0.5) is 8.78 Å². The monoisotopic (exact) mass is 287 g/mol. The summed E-state index contributed by atoms with van der Waals surface area (Å²) in [4.78, 5) is 0.112. The number of benzene rings is 1. The second-order valence-corrected chi connectivity index (χ2v) is 6.50. The van der Waals surface area contributed by atoms with Crippen LogP contribution < -0.4 is 5.32 Å². The van der Waals surface area contributed by atoms with Crippen LogP contribution >= 0.6 is 11.8 Å². The zero-order chi connectivity index (χ0) is 13.8. The van der Waals surface area contributed by atoms with E-state index in [2.05, 4.69) is 19.2 Å². The second kappa shape index (κ2) is 6.68. The van der Waals surface area contributed by atoms with E-state index in [9.17, 15) is 8.78 Å². The molecule has 0 radical (unpaired) electrons. The number of halogens is 2. The molecule has 1 aromatic rings. The first-order valence-corrected chi connectivity index (χ1v) is 7.37. The molecule has 1 aromatic carbocycles. The average molecular weight is 287 g/mol. The number of nitrogens with one attached hydrogen (secondary N) is 1. The molecule has 0 aliphatic carbocycles. The molecular formula is C14H19F2NOS. The minimum absolute atomic E-state index is 0.112. The van der Waals surface area contributed by atoms with E-state index in [1.165, 1.54) is 23.9 Å². The average Bonchev–Trinajstić information content (AvgIpc) is 2.25. The van der Waals surface area contributed by atoms with E-state index in [1.807, 2.05) is 0 Å². The first kappa shape index (κ1) is 14.8. The maximum Gasteiger partial charge on any atom is 0.140 e. The Morgan fingerprint density at radius 1 is 1.32 bits per heavy atom. The molecule has 0 saturated carbocycles. The van der Waals surface area contributed by atoms with Gasteiger partial charge in [0.25, 0.3) is 0 Å². The summed E-state index contributed by atoms with van der Waals surface area (Å²) < 4.78 is 32.8. The van der Waals surface area contributed by atoms with Gasteiger partial charge in [0.15, 0.2) is 0 Å². The summed E-state index contributed by atoms with van der Waals surface area (Å²) >= 11 is 1.23. The van der Waals surface area contributed by atoms with Crippen molar-refractivity contribution in [1.82, 2.24) is 5.32 Å². The Kier molecular flexibility index (Phi) is 5.19. The fraction of sp³-hybridized carbons (Fsp3) is 0.571. The molecule has 106 valence electrons. The number of hydrogen-bond acceptors (Lipinski definition) is 3. The number of ether oxygens (including phenoxy) is 1. The van der Waals surface area contributed by atoms with Crippen LogP contribution in [0.2, 0.25) is 0 Å². The van der Waals surface area contributed by atoms with Crippen LogP contribution in [0, 0.1) is 17.6 Å². The summed E-state index contributed by atoms with van der Waals surface area (Å²) in [5.74, 6) is -0.431. The van der Waals surface area contributed by atoms with Crippen molar-refractivity contribution in [3.05, 3.63) is 29.3 Å². The fourth-order valence-corrected chi connectivity index (χ4v) is 2.79. The second-order valence-electron chi connectivity index (χ2n) is 5.19. The third-order valence-electron chi connectivity index (χ3n) is 2.83. The predicted octanol–water partition coefficient (Wildman–Crippen LogP) is 3.20. The Hall–Kier alpha value is -0.650. The Morgan fingerprint density at radius 2 is 1.95 bits per heavy atom. The van der Waals surface area contributed by atoms with Crippen LogP contribution in [0.25, 0.3) is 0 Å². The smallest absolute Gasteiger partial charge is 0.140 e. The van der Waals surface area contributed by atoms with E-state index in [1.54, 1.807) is 0 Å². The van der Waals surface area contributed by atoms with E-state index in [0.29, 0.717) is 31.2 Å². The summed E-state index contributed by atoms with van der Waals surface area (Å²) in [6.07, 6.45) is 0. The minimum atomic E-state index is -0.474. The van der Waals surface area contributed by atoms with E-state index >= 15 is 0 Å². The molecule has 0 unspecified atom stereocenters. The molecule has 2 nitrogen and oxygen atoms in total. The highest BCUT2D eigenvalue weighted by molar-refractivity contribution is 8.00. The van der Waals surface area contributed by atoms with Crippen molar-refractivity contribution in [1.29, 1.82) is 0 Å². The Bertz CT molecular complexity index is 412. The molecule has 1 aliphatic rings. The molecule has 0 atom stereocenters. The first-order chi connectivity index (χ1) is 9.06. The third-order valence-corrected chi connectivity index (χ3v) is 4.06. The molecule has 0 amide bonds. The Balaban J connectivity index is 1.99. The summed E-state index contributed by atoms with van der Waals surface area (Å²) in [7, 11) is 0. The van der Waals surface area contributed by atoms with Crippen molar-refractivity contribution in [2.24, 2.45) is 5.92 Å². The van der Waals surface area contributed by atoms with Crippen molar-refractivity contribution in [3.63, 3.8) is 0 Å². The van der Waals surface area contributed by atoms with Crippen molar-refractivity contribution >= 4 is 11.8 Å². The fourth-order valence-electron chi connectivity index (χ4n) is 1.78. The molecule has 5 heteroatoms. The van der Waals surface area contributed by atoms with Crippen molar-refractivity contribution < 1.29 is 13.5 Å². The van der Waals surface area contributed by atoms with Gasteiger partial charge in [-0.1, -0.05) is 13.8 Å². The van der Waals surface area contributed by atoms with Gasteiger partial charge in [0, 0.05) is 6.54 Å². The van der Waals surface area contributed by atoms with E-state index in [0.717, 1.165) is 6.54 Å². The lowest BCUT2D eigenvalue weighted by molar-refractivity contribution is 0.0454. The van der Waals surface area contributed by atoms with Crippen molar-refractivity contribution in [2.75, 3.05) is 19.8 Å². The number of hydrogen-bond donors (Lipinski definition) is 1. The summed E-state index contributed by atoms with van der Waals surface area (Å²) in [5, 5.41) is 3.35. The lowest BCUT2D eigenvalue weighted by atomic mass is 10.2. The van der Waals surface area contributed by atoms with E-state index in [-0.39, 0.29) is 10.1 Å². The van der Waals surface area contributed by atoms with E-state index in [4.69, 9.17) is 4.74 Å². The zero-order valence-corrected chi connectivity index (χ0v) is 12.0. The minimum Gasteiger partial charge on any atom is -0.379 e. The lowest BCUT2D eigenvalue weighted by Gasteiger charge is -2.25. The molecule has 2 rings (SSSR count). The number of rotatable bonds is 6. The van der Waals surface area contributed by atoms with Crippen LogP contribution in [-0.4, -0.2) is 25.0 Å². The van der Waals surface area contributed by atoms with E-state index < -0.39 is 11.6 Å². The normalized spacial score (nSPS) is 15.8. The molecule has 1 fully saturated rings. The van der Waals surface area contributed by atoms with Gasteiger partial charge >= 0.3 is 0 Å². The maximum atomic E-state index is 13.9. The highest BCUT2D eigenvalue weighted by Gasteiger charge is 2.23. The van der Waals surface area contributed by atoms with Gasteiger partial charge in [0.2, 0.25) is 0 Å². The van der Waals surface area contributed by atoms with Crippen molar-refractivity contribution in [2.45, 2.75) is 30.5 Å². The highest BCUT2D eigenvalue weighted by atomic mass is 32.2. The molecule has 1 saturated heterocycles. The van der Waals surface area contributed by atoms with Gasteiger partial charge in [0.05, 0.1) is 23.4 Å².